The number of nitrogens with one attached hydrogen (secondary N) is 1. The van der Waals surface area contributed by atoms with Crippen LogP contribution in [0.25, 0.3) is 22.3 Å². The van der Waals surface area contributed by atoms with Gasteiger partial charge in [-0.2, -0.15) is 4.98 Å². The number of aromatic amines is 1. The largest absolute Gasteiger partial charge is 0.472 e. The highest BCUT2D eigenvalue weighted by Crippen LogP contribution is 2.72. The van der Waals surface area contributed by atoms with Crippen molar-refractivity contribution >= 4 is 60.4 Å². The van der Waals surface area contributed by atoms with E-state index in [0.717, 1.165) is 0 Å². The van der Waals surface area contributed by atoms with Gasteiger partial charge in [-0.05, 0) is 24.1 Å². The second kappa shape index (κ2) is 9.77. The van der Waals surface area contributed by atoms with E-state index in [-0.39, 0.29) is 42.6 Å². The van der Waals surface area contributed by atoms with Crippen molar-refractivity contribution in [2.24, 2.45) is 11.3 Å². The number of rotatable bonds is 2. The highest BCUT2D eigenvalue weighted by molar-refractivity contribution is 8.07. The number of anilines is 2. The van der Waals surface area contributed by atoms with Crippen LogP contribution in [0.15, 0.2) is 17.4 Å². The van der Waals surface area contributed by atoms with Gasteiger partial charge in [-0.25, -0.2) is 24.2 Å². The van der Waals surface area contributed by atoms with E-state index >= 15 is 0 Å². The number of imidazole rings is 1. The molecule has 22 nitrogen and oxygen atoms in total. The predicted molar refractivity (Wildman–Crippen MR) is 156 cm³/mol. The van der Waals surface area contributed by atoms with Gasteiger partial charge >= 0.3 is 14.5 Å². The quantitative estimate of drug-likeness (QED) is 0.125. The first-order valence-corrected chi connectivity index (χ1v) is 18.2. The second-order valence-corrected chi connectivity index (χ2v) is 16.3. The van der Waals surface area contributed by atoms with Gasteiger partial charge in [-0.3, -0.25) is 27.9 Å². The standard InChI is InChI=1S/C22H25N11O11P2S/c23-15-8-16(26-5-25-15)32(6-27-8)19-12-14-22(42-19,3-39-12)4-40-45(36,37)43-13-11(34)10(7-1-21(7,13)2-41-46(38,47)44-14)33-17-9(30-31-33)18(35)29-20(24)28-17/h5-7,10-14,19,34H,1-4H2,(H,36,37)(H,38,47)(H2,23,25,26)(H3,24,28,29,35)/t7-,10-,11+,12-,13+,14+,19-,21-,22-,46?/m1/s1. The van der Waals surface area contributed by atoms with Gasteiger partial charge in [-0.1, -0.05) is 5.21 Å². The third-order valence-corrected chi connectivity index (χ3v) is 12.0. The first-order chi connectivity index (χ1) is 22.3. The number of nitrogens with two attached hydrogens (primary N) is 2. The highest BCUT2D eigenvalue weighted by Gasteiger charge is 2.75. The van der Waals surface area contributed by atoms with Crippen LogP contribution in [0.3, 0.4) is 0 Å². The van der Waals surface area contributed by atoms with E-state index in [1.807, 2.05) is 0 Å². The summed E-state index contributed by atoms with van der Waals surface area (Å²) in [6.45, 7) is -5.22. The maximum Gasteiger partial charge on any atom is 0.472 e. The number of ether oxygens (including phenoxy) is 2. The Hall–Kier alpha value is -3.05. The third kappa shape index (κ3) is 4.33. The molecule has 0 aromatic carbocycles. The lowest BCUT2D eigenvalue weighted by Crippen LogP contribution is -2.46. The molecule has 5 aliphatic rings. The number of aromatic nitrogens is 9. The Morgan fingerprint density at radius 1 is 1.06 bits per heavy atom. The molecule has 0 radical (unpaired) electrons. The van der Waals surface area contributed by atoms with Gasteiger partial charge < -0.3 is 40.4 Å². The van der Waals surface area contributed by atoms with Crippen LogP contribution in [-0.4, -0.2) is 109 Å². The average molecular weight is 714 g/mol. The molecule has 47 heavy (non-hydrogen) atoms. The number of phosphoric acid groups is 1. The molecule has 9 rings (SSSR count). The summed E-state index contributed by atoms with van der Waals surface area (Å²) in [5.74, 6) is -0.576. The zero-order valence-electron chi connectivity index (χ0n) is 23.7. The molecule has 2 saturated carbocycles. The molecule has 4 aromatic heterocycles. The fourth-order valence-electron chi connectivity index (χ4n) is 7.36. The zero-order valence-corrected chi connectivity index (χ0v) is 26.3. The SMILES string of the molecule is Nc1nc2c(nnn2[C@H]2[C@H](O)[C@@H]3OP(=O)(O)OC[C@@]45CO[C@@H]([C@H](n6cnc7c(N)ncnc76)O4)[C@@H]5OP(O)(=S)OC[C@@]34C[C@H]24)c(=O)[nH]1. The average Bonchev–Trinajstić information content (AvgIpc) is 3.43. The lowest BCUT2D eigenvalue weighted by molar-refractivity contribution is -0.184. The van der Waals surface area contributed by atoms with E-state index in [1.54, 1.807) is 0 Å². The molecule has 4 aromatic rings. The van der Waals surface area contributed by atoms with E-state index in [4.69, 9.17) is 50.8 Å². The van der Waals surface area contributed by atoms with Gasteiger partial charge in [0.15, 0.2) is 28.9 Å². The van der Waals surface area contributed by atoms with Crippen molar-refractivity contribution in [1.29, 1.82) is 0 Å². The maximum absolute atomic E-state index is 13.5. The van der Waals surface area contributed by atoms with Gasteiger partial charge in [0.2, 0.25) is 5.95 Å². The molecule has 2 bridgehead atoms. The number of hydrogen-bond donors (Lipinski definition) is 6. The fraction of sp³-hybridized carbons (Fsp3) is 0.591. The summed E-state index contributed by atoms with van der Waals surface area (Å²) in [5.41, 5.74) is 8.81. The molecule has 2 unspecified atom stereocenters. The van der Waals surface area contributed by atoms with Crippen LogP contribution < -0.4 is 17.0 Å². The number of aliphatic hydroxyl groups is 1. The minimum atomic E-state index is -4.95. The van der Waals surface area contributed by atoms with Gasteiger partial charge in [0.05, 0.1) is 32.2 Å². The van der Waals surface area contributed by atoms with Crippen LogP contribution in [0.4, 0.5) is 11.8 Å². The monoisotopic (exact) mass is 713 g/mol. The van der Waals surface area contributed by atoms with E-state index in [1.165, 1.54) is 21.9 Å². The first-order valence-electron chi connectivity index (χ1n) is 14.1. The molecule has 7 heterocycles. The predicted octanol–water partition coefficient (Wildman–Crippen LogP) is -1.76. The third-order valence-electron chi connectivity index (χ3n) is 9.55. The Labute approximate surface area is 266 Å². The number of hydrogen-bond acceptors (Lipinski definition) is 18. The van der Waals surface area contributed by atoms with Crippen molar-refractivity contribution in [2.75, 3.05) is 31.3 Å². The lowest BCUT2D eigenvalue weighted by Gasteiger charge is -2.35. The van der Waals surface area contributed by atoms with Gasteiger partial charge in [0, 0.05) is 5.41 Å². The first kappa shape index (κ1) is 30.0. The molecule has 0 amide bonds. The Morgan fingerprint density at radius 3 is 2.72 bits per heavy atom. The van der Waals surface area contributed by atoms with Gasteiger partial charge in [-0.15, -0.1) is 5.10 Å². The molecule has 2 aliphatic carbocycles. The number of phosphoric ester groups is 1. The zero-order chi connectivity index (χ0) is 32.7. The van der Waals surface area contributed by atoms with E-state index in [2.05, 4.69) is 35.2 Å². The Morgan fingerprint density at radius 2 is 1.89 bits per heavy atom. The Kier molecular flexibility index (Phi) is 6.25. The van der Waals surface area contributed by atoms with Crippen LogP contribution >= 0.6 is 14.5 Å². The van der Waals surface area contributed by atoms with Crippen molar-refractivity contribution in [3.05, 3.63) is 23.0 Å². The van der Waals surface area contributed by atoms with Crippen molar-refractivity contribution in [1.82, 2.24) is 44.5 Å². The topological polar surface area (TPSA) is 305 Å². The summed E-state index contributed by atoms with van der Waals surface area (Å²) in [6.07, 6.45) is -2.97. The van der Waals surface area contributed by atoms with Crippen LogP contribution in [0.1, 0.15) is 18.7 Å². The molecule has 25 heteroatoms. The van der Waals surface area contributed by atoms with Crippen molar-refractivity contribution in [2.45, 2.75) is 48.7 Å². The minimum Gasteiger partial charge on any atom is -0.388 e. The fourth-order valence-corrected chi connectivity index (χ4v) is 9.92. The molecule has 8 N–H and O–H groups in total. The number of aliphatic hydroxyl groups excluding tert-OH is 1. The molecular weight excluding hydrogens is 688 g/mol. The highest BCUT2D eigenvalue weighted by atomic mass is 32.5. The van der Waals surface area contributed by atoms with Gasteiger partial charge in [0.25, 0.3) is 5.56 Å². The second-order valence-electron chi connectivity index (χ2n) is 12.2. The molecular formula is C22H25N11O11P2S. The van der Waals surface area contributed by atoms with E-state index in [9.17, 15) is 24.3 Å². The lowest BCUT2D eigenvalue weighted by atomic mass is 10.0. The molecule has 1 spiro atoms. The molecule has 250 valence electrons. The molecule has 5 fully saturated rings. The van der Waals surface area contributed by atoms with E-state index < -0.39 is 80.3 Å². The summed E-state index contributed by atoms with van der Waals surface area (Å²) in [6, 6.07) is -0.945. The summed E-state index contributed by atoms with van der Waals surface area (Å²) in [7, 11) is -4.95. The Bertz CT molecular complexity index is 2130. The minimum absolute atomic E-state index is 0.0101. The van der Waals surface area contributed by atoms with Crippen LogP contribution in [0, 0.1) is 11.3 Å². The summed E-state index contributed by atoms with van der Waals surface area (Å²) >= 11 is 5.43. The number of nitrogen functional groups attached to an aromatic ring is 2. The van der Waals surface area contributed by atoms with Crippen LogP contribution in [0.2, 0.25) is 0 Å². The van der Waals surface area contributed by atoms with Crippen molar-refractivity contribution in [3.63, 3.8) is 0 Å². The molecule has 3 aliphatic heterocycles. The van der Waals surface area contributed by atoms with E-state index in [0.29, 0.717) is 11.2 Å². The molecule has 11 atom stereocenters. The maximum atomic E-state index is 13.5. The summed E-state index contributed by atoms with van der Waals surface area (Å²) < 4.78 is 51.7. The van der Waals surface area contributed by atoms with Crippen molar-refractivity contribution < 1.29 is 47.0 Å². The molecule has 3 saturated heterocycles. The van der Waals surface area contributed by atoms with Gasteiger partial charge in [0.1, 0.15) is 41.9 Å². The summed E-state index contributed by atoms with van der Waals surface area (Å²) in [5, 5.41) is 19.4. The number of nitrogens with zero attached hydrogens (tertiary/aromatic N) is 8. The van der Waals surface area contributed by atoms with Crippen molar-refractivity contribution in [3.8, 4) is 0 Å². The Balaban J connectivity index is 1.05. The smallest absolute Gasteiger partial charge is 0.388 e. The number of fused-ring (bicyclic) bond motifs is 2. The number of H-pyrrole nitrogens is 1. The normalized spacial score (nSPS) is 42.9. The van der Waals surface area contributed by atoms with Crippen LogP contribution in [-0.2, 0) is 43.9 Å². The summed E-state index contributed by atoms with van der Waals surface area (Å²) in [4.78, 5) is 53.6. The van der Waals surface area contributed by atoms with Crippen LogP contribution in [0.5, 0.6) is 0 Å².